The molecule has 6 heteroatoms. The average Bonchev–Trinajstić information content (AvgIpc) is 2.44. The standard InChI is InChI=1S/C14H28O6/c1-2-3-4-5-6-7-8-9(15)13-11(17)10(16)12(18)14(19)20-13/h9-19H,2-8H2,1H3/t9?,10-,11-,12+,13+,14?/m0/s1. The maximum atomic E-state index is 9.98. The van der Waals surface area contributed by atoms with Gasteiger partial charge in [0, 0.05) is 0 Å². The summed E-state index contributed by atoms with van der Waals surface area (Å²) in [5.41, 5.74) is 0. The fourth-order valence-electron chi connectivity index (χ4n) is 2.50. The predicted octanol–water partition coefficient (Wildman–Crippen LogP) is -0.102. The quantitative estimate of drug-likeness (QED) is 0.400. The Hall–Kier alpha value is -0.240. The summed E-state index contributed by atoms with van der Waals surface area (Å²) in [7, 11) is 0. The maximum absolute atomic E-state index is 9.98. The summed E-state index contributed by atoms with van der Waals surface area (Å²) < 4.78 is 4.98. The maximum Gasteiger partial charge on any atom is 0.184 e. The molecule has 1 heterocycles. The van der Waals surface area contributed by atoms with Gasteiger partial charge in [0.25, 0.3) is 0 Å². The molecule has 0 aromatic carbocycles. The zero-order chi connectivity index (χ0) is 15.1. The Kier molecular flexibility index (Phi) is 7.94. The smallest absolute Gasteiger partial charge is 0.184 e. The Morgan fingerprint density at radius 3 is 2.10 bits per heavy atom. The molecular weight excluding hydrogens is 264 g/mol. The number of hydrogen-bond donors (Lipinski definition) is 5. The van der Waals surface area contributed by atoms with Crippen LogP contribution in [0.5, 0.6) is 0 Å². The number of rotatable bonds is 8. The van der Waals surface area contributed by atoms with Crippen molar-refractivity contribution in [3.63, 3.8) is 0 Å². The molecule has 1 rings (SSSR count). The van der Waals surface area contributed by atoms with Crippen LogP contribution >= 0.6 is 0 Å². The molecule has 1 fully saturated rings. The molecule has 0 bridgehead atoms. The average molecular weight is 292 g/mol. The van der Waals surface area contributed by atoms with E-state index in [9.17, 15) is 25.5 Å². The number of aliphatic hydroxyl groups excluding tert-OH is 5. The predicted molar refractivity (Wildman–Crippen MR) is 72.9 cm³/mol. The summed E-state index contributed by atoms with van der Waals surface area (Å²) in [5, 5.41) is 48.0. The van der Waals surface area contributed by atoms with E-state index >= 15 is 0 Å². The molecule has 20 heavy (non-hydrogen) atoms. The highest BCUT2D eigenvalue weighted by molar-refractivity contribution is 4.91. The first kappa shape index (κ1) is 17.8. The Morgan fingerprint density at radius 1 is 0.850 bits per heavy atom. The van der Waals surface area contributed by atoms with Crippen LogP contribution < -0.4 is 0 Å². The zero-order valence-electron chi connectivity index (χ0n) is 12.1. The van der Waals surface area contributed by atoms with Gasteiger partial charge in [-0.2, -0.15) is 0 Å². The zero-order valence-corrected chi connectivity index (χ0v) is 12.1. The molecule has 0 radical (unpaired) electrons. The van der Waals surface area contributed by atoms with Crippen LogP contribution in [0.15, 0.2) is 0 Å². The third kappa shape index (κ3) is 4.95. The first-order valence-electron chi connectivity index (χ1n) is 7.54. The summed E-state index contributed by atoms with van der Waals surface area (Å²) >= 11 is 0. The van der Waals surface area contributed by atoms with Crippen LogP contribution in [-0.4, -0.2) is 62.3 Å². The molecule has 0 aliphatic carbocycles. The minimum atomic E-state index is -1.59. The Morgan fingerprint density at radius 2 is 1.45 bits per heavy atom. The molecule has 5 N–H and O–H groups in total. The second-order valence-corrected chi connectivity index (χ2v) is 5.59. The van der Waals surface area contributed by atoms with Gasteiger partial charge in [0.2, 0.25) is 0 Å². The molecule has 1 aliphatic heterocycles. The summed E-state index contributed by atoms with van der Waals surface area (Å²) in [4.78, 5) is 0. The highest BCUT2D eigenvalue weighted by Gasteiger charge is 2.45. The van der Waals surface area contributed by atoms with Crippen molar-refractivity contribution in [2.45, 2.75) is 88.7 Å². The third-order valence-electron chi connectivity index (χ3n) is 3.86. The molecule has 0 aromatic rings. The Balaban J connectivity index is 2.29. The van der Waals surface area contributed by atoms with E-state index in [1.165, 1.54) is 19.3 Å². The fourth-order valence-corrected chi connectivity index (χ4v) is 2.50. The highest BCUT2D eigenvalue weighted by Crippen LogP contribution is 2.24. The van der Waals surface area contributed by atoms with E-state index in [0.717, 1.165) is 19.3 Å². The van der Waals surface area contributed by atoms with Crippen LogP contribution in [0, 0.1) is 0 Å². The van der Waals surface area contributed by atoms with Gasteiger partial charge in [0.1, 0.15) is 24.4 Å². The molecule has 2 unspecified atom stereocenters. The van der Waals surface area contributed by atoms with Gasteiger partial charge >= 0.3 is 0 Å². The normalized spacial score (nSPS) is 36.0. The lowest BCUT2D eigenvalue weighted by molar-refractivity contribution is -0.297. The SMILES string of the molecule is CCCCCCCCC(O)[C@H]1OC(O)[C@H](O)[C@@H](O)[C@@H]1O. The molecule has 0 aromatic heterocycles. The molecule has 6 nitrogen and oxygen atoms in total. The van der Waals surface area contributed by atoms with Crippen LogP contribution in [0.4, 0.5) is 0 Å². The first-order valence-corrected chi connectivity index (χ1v) is 7.54. The van der Waals surface area contributed by atoms with Gasteiger partial charge in [-0.15, -0.1) is 0 Å². The van der Waals surface area contributed by atoms with Gasteiger partial charge in [-0.05, 0) is 6.42 Å². The molecular formula is C14H28O6. The number of ether oxygens (including phenoxy) is 1. The Bertz CT molecular complexity index is 262. The number of unbranched alkanes of at least 4 members (excludes halogenated alkanes) is 5. The van der Waals surface area contributed by atoms with Gasteiger partial charge in [-0.3, -0.25) is 0 Å². The van der Waals surface area contributed by atoms with Crippen molar-refractivity contribution in [3.05, 3.63) is 0 Å². The van der Waals surface area contributed by atoms with E-state index in [2.05, 4.69) is 6.92 Å². The number of aliphatic hydroxyl groups is 5. The van der Waals surface area contributed by atoms with Gasteiger partial charge in [0.05, 0.1) is 6.10 Å². The second kappa shape index (κ2) is 8.92. The fraction of sp³-hybridized carbons (Fsp3) is 1.00. The van der Waals surface area contributed by atoms with Crippen molar-refractivity contribution in [2.75, 3.05) is 0 Å². The molecule has 1 saturated heterocycles. The summed E-state index contributed by atoms with van der Waals surface area (Å²) in [6.07, 6.45) is -1.18. The lowest BCUT2D eigenvalue weighted by Gasteiger charge is -2.40. The second-order valence-electron chi connectivity index (χ2n) is 5.59. The van der Waals surface area contributed by atoms with Crippen molar-refractivity contribution in [2.24, 2.45) is 0 Å². The van der Waals surface area contributed by atoms with Crippen LogP contribution in [0.3, 0.4) is 0 Å². The van der Waals surface area contributed by atoms with Crippen LogP contribution in [0.25, 0.3) is 0 Å². The van der Waals surface area contributed by atoms with E-state index in [1.807, 2.05) is 0 Å². The van der Waals surface area contributed by atoms with Gasteiger partial charge < -0.3 is 30.3 Å². The molecule has 0 amide bonds. The highest BCUT2D eigenvalue weighted by atomic mass is 16.6. The molecule has 0 saturated carbocycles. The third-order valence-corrected chi connectivity index (χ3v) is 3.86. The summed E-state index contributed by atoms with van der Waals surface area (Å²) in [6, 6.07) is 0. The number of hydrogen-bond acceptors (Lipinski definition) is 6. The lowest BCUT2D eigenvalue weighted by atomic mass is 9.93. The van der Waals surface area contributed by atoms with Crippen molar-refractivity contribution in [1.82, 2.24) is 0 Å². The summed E-state index contributed by atoms with van der Waals surface area (Å²) in [5.74, 6) is 0. The minimum Gasteiger partial charge on any atom is -0.390 e. The van der Waals surface area contributed by atoms with Gasteiger partial charge in [0.15, 0.2) is 6.29 Å². The first-order chi connectivity index (χ1) is 9.49. The minimum absolute atomic E-state index is 0.434. The van der Waals surface area contributed by atoms with Gasteiger partial charge in [-0.1, -0.05) is 45.4 Å². The van der Waals surface area contributed by atoms with Crippen LogP contribution in [0.2, 0.25) is 0 Å². The van der Waals surface area contributed by atoms with Crippen LogP contribution in [-0.2, 0) is 4.74 Å². The van der Waals surface area contributed by atoms with Crippen molar-refractivity contribution in [1.29, 1.82) is 0 Å². The largest absolute Gasteiger partial charge is 0.390 e. The monoisotopic (exact) mass is 292 g/mol. The van der Waals surface area contributed by atoms with Crippen molar-refractivity contribution >= 4 is 0 Å². The van der Waals surface area contributed by atoms with Gasteiger partial charge in [-0.25, -0.2) is 0 Å². The van der Waals surface area contributed by atoms with E-state index < -0.39 is 36.8 Å². The van der Waals surface area contributed by atoms with E-state index in [0.29, 0.717) is 6.42 Å². The van der Waals surface area contributed by atoms with E-state index in [-0.39, 0.29) is 0 Å². The Labute approximate surface area is 120 Å². The molecule has 1 aliphatic rings. The lowest BCUT2D eigenvalue weighted by Crippen LogP contribution is -2.60. The van der Waals surface area contributed by atoms with Crippen molar-refractivity contribution < 1.29 is 30.3 Å². The van der Waals surface area contributed by atoms with E-state index in [1.54, 1.807) is 0 Å². The molecule has 0 spiro atoms. The van der Waals surface area contributed by atoms with Crippen molar-refractivity contribution in [3.8, 4) is 0 Å². The summed E-state index contributed by atoms with van der Waals surface area (Å²) in [6.45, 7) is 2.15. The molecule has 120 valence electrons. The van der Waals surface area contributed by atoms with Crippen LogP contribution in [0.1, 0.15) is 51.9 Å². The molecule has 6 atom stereocenters. The van der Waals surface area contributed by atoms with E-state index in [4.69, 9.17) is 4.74 Å². The topological polar surface area (TPSA) is 110 Å².